The van der Waals surface area contributed by atoms with Crippen LogP contribution in [0.1, 0.15) is 10.4 Å². The molecule has 1 aromatic heterocycles. The van der Waals surface area contributed by atoms with Gasteiger partial charge in [0.1, 0.15) is 0 Å². The van der Waals surface area contributed by atoms with Crippen LogP contribution in [0.15, 0.2) is 12.4 Å². The zero-order valence-electron chi connectivity index (χ0n) is 8.64. The Hall–Kier alpha value is -1.40. The molecule has 0 saturated heterocycles. The number of aliphatic hydroxyl groups excluding tert-OH is 1. The summed E-state index contributed by atoms with van der Waals surface area (Å²) in [5, 5.41) is 15.1. The van der Waals surface area contributed by atoms with Gasteiger partial charge in [-0.15, -0.1) is 0 Å². The average molecular weight is 213 g/mol. The van der Waals surface area contributed by atoms with Crippen LogP contribution in [0.4, 0.5) is 0 Å². The molecular formula is C9H15N3O3. The van der Waals surface area contributed by atoms with Crippen LogP contribution in [0.25, 0.3) is 0 Å². The van der Waals surface area contributed by atoms with Crippen molar-refractivity contribution >= 4 is 5.91 Å². The number of ether oxygens (including phenoxy) is 1. The Labute approximate surface area is 87.8 Å². The first-order chi connectivity index (χ1) is 7.29. The number of rotatable bonds is 6. The number of hydrogen-bond acceptors (Lipinski definition) is 4. The standard InChI is InChI=1S/C9H15N3O3/c1-15-5-3-12(2-4-13)9(14)8-6-10-11-7-8/h6-7,13H,2-5H2,1H3,(H,10,11). The maximum Gasteiger partial charge on any atom is 0.257 e. The van der Waals surface area contributed by atoms with E-state index < -0.39 is 0 Å². The van der Waals surface area contributed by atoms with Gasteiger partial charge in [-0.3, -0.25) is 9.89 Å². The summed E-state index contributed by atoms with van der Waals surface area (Å²) in [5.74, 6) is -0.158. The number of carbonyl (C=O) groups excluding carboxylic acids is 1. The number of aromatic amines is 1. The number of H-pyrrole nitrogens is 1. The van der Waals surface area contributed by atoms with Crippen LogP contribution in [0.5, 0.6) is 0 Å². The summed E-state index contributed by atoms with van der Waals surface area (Å²) in [6.07, 6.45) is 2.99. The van der Waals surface area contributed by atoms with Crippen LogP contribution < -0.4 is 0 Å². The van der Waals surface area contributed by atoms with Crippen molar-refractivity contribution < 1.29 is 14.6 Å². The van der Waals surface area contributed by atoms with E-state index in [0.29, 0.717) is 25.3 Å². The highest BCUT2D eigenvalue weighted by atomic mass is 16.5. The second kappa shape index (κ2) is 6.15. The molecule has 1 aromatic rings. The molecule has 0 unspecified atom stereocenters. The van der Waals surface area contributed by atoms with E-state index in [2.05, 4.69) is 10.2 Å². The van der Waals surface area contributed by atoms with Gasteiger partial charge in [0, 0.05) is 26.4 Å². The Morgan fingerprint density at radius 3 is 3.00 bits per heavy atom. The lowest BCUT2D eigenvalue weighted by Crippen LogP contribution is -2.36. The number of aliphatic hydroxyl groups is 1. The Kier molecular flexibility index (Phi) is 4.79. The Bertz CT molecular complexity index is 287. The van der Waals surface area contributed by atoms with E-state index in [0.717, 1.165) is 0 Å². The van der Waals surface area contributed by atoms with Gasteiger partial charge in [-0.1, -0.05) is 0 Å². The van der Waals surface area contributed by atoms with E-state index in [9.17, 15) is 4.79 Å². The zero-order valence-corrected chi connectivity index (χ0v) is 8.64. The van der Waals surface area contributed by atoms with Crippen LogP contribution in [-0.4, -0.2) is 59.5 Å². The van der Waals surface area contributed by atoms with Crippen molar-refractivity contribution in [2.24, 2.45) is 0 Å². The lowest BCUT2D eigenvalue weighted by Gasteiger charge is -2.20. The predicted molar refractivity (Wildman–Crippen MR) is 53.5 cm³/mol. The molecule has 1 amide bonds. The maximum absolute atomic E-state index is 11.8. The number of nitrogens with zero attached hydrogens (tertiary/aromatic N) is 2. The third-order valence-electron chi connectivity index (χ3n) is 1.97. The number of methoxy groups -OCH3 is 1. The minimum Gasteiger partial charge on any atom is -0.395 e. The molecule has 84 valence electrons. The van der Waals surface area contributed by atoms with Crippen LogP contribution >= 0.6 is 0 Å². The molecule has 6 heteroatoms. The molecule has 0 bridgehead atoms. The van der Waals surface area contributed by atoms with E-state index in [-0.39, 0.29) is 12.5 Å². The quantitative estimate of drug-likeness (QED) is 0.667. The number of hydrogen-bond donors (Lipinski definition) is 2. The van der Waals surface area contributed by atoms with Crippen LogP contribution in [-0.2, 0) is 4.74 Å². The second-order valence-corrected chi connectivity index (χ2v) is 3.00. The third kappa shape index (κ3) is 3.34. The Morgan fingerprint density at radius 2 is 2.47 bits per heavy atom. The average Bonchev–Trinajstić information content (AvgIpc) is 2.76. The highest BCUT2D eigenvalue weighted by Gasteiger charge is 2.15. The van der Waals surface area contributed by atoms with Gasteiger partial charge in [-0.25, -0.2) is 0 Å². The molecule has 1 rings (SSSR count). The highest BCUT2D eigenvalue weighted by Crippen LogP contribution is 2.01. The van der Waals surface area contributed by atoms with Gasteiger partial charge in [0.25, 0.3) is 5.91 Å². The van der Waals surface area contributed by atoms with Gasteiger partial charge in [0.2, 0.25) is 0 Å². The van der Waals surface area contributed by atoms with Gasteiger partial charge < -0.3 is 14.7 Å². The fraction of sp³-hybridized carbons (Fsp3) is 0.556. The molecule has 0 aliphatic rings. The number of aromatic nitrogens is 2. The Balaban J connectivity index is 2.58. The molecule has 0 saturated carbocycles. The SMILES string of the molecule is COCCN(CCO)C(=O)c1cn[nH]c1. The lowest BCUT2D eigenvalue weighted by atomic mass is 10.3. The first-order valence-electron chi connectivity index (χ1n) is 4.67. The van der Waals surface area contributed by atoms with Gasteiger partial charge in [-0.05, 0) is 0 Å². The highest BCUT2D eigenvalue weighted by molar-refractivity contribution is 5.93. The molecule has 6 nitrogen and oxygen atoms in total. The predicted octanol–water partition coefficient (Wildman–Crippen LogP) is -0.509. The van der Waals surface area contributed by atoms with Gasteiger partial charge >= 0.3 is 0 Å². The third-order valence-corrected chi connectivity index (χ3v) is 1.97. The smallest absolute Gasteiger partial charge is 0.257 e. The van der Waals surface area contributed by atoms with E-state index in [1.54, 1.807) is 7.11 Å². The molecule has 15 heavy (non-hydrogen) atoms. The first kappa shape index (κ1) is 11.7. The summed E-state index contributed by atoms with van der Waals surface area (Å²) in [6, 6.07) is 0. The van der Waals surface area contributed by atoms with Crippen LogP contribution in [0, 0.1) is 0 Å². The molecule has 0 aliphatic heterocycles. The minimum absolute atomic E-state index is 0.0622. The fourth-order valence-corrected chi connectivity index (χ4v) is 1.19. The molecule has 0 radical (unpaired) electrons. The van der Waals surface area contributed by atoms with Crippen molar-refractivity contribution in [2.75, 3.05) is 33.4 Å². The Morgan fingerprint density at radius 1 is 1.67 bits per heavy atom. The van der Waals surface area contributed by atoms with E-state index in [1.807, 2.05) is 0 Å². The van der Waals surface area contributed by atoms with Crippen molar-refractivity contribution in [1.29, 1.82) is 0 Å². The molecule has 0 aliphatic carbocycles. The molecule has 0 fully saturated rings. The molecule has 0 atom stereocenters. The topological polar surface area (TPSA) is 78.5 Å². The van der Waals surface area contributed by atoms with Crippen molar-refractivity contribution in [3.8, 4) is 0 Å². The summed E-state index contributed by atoms with van der Waals surface area (Å²) in [7, 11) is 1.57. The van der Waals surface area contributed by atoms with Crippen molar-refractivity contribution in [3.05, 3.63) is 18.0 Å². The van der Waals surface area contributed by atoms with Crippen molar-refractivity contribution in [1.82, 2.24) is 15.1 Å². The lowest BCUT2D eigenvalue weighted by molar-refractivity contribution is 0.0656. The molecule has 0 spiro atoms. The summed E-state index contributed by atoms with van der Waals surface area (Å²) in [4.78, 5) is 13.3. The molecule has 1 heterocycles. The van der Waals surface area contributed by atoms with Crippen molar-refractivity contribution in [3.63, 3.8) is 0 Å². The minimum atomic E-state index is -0.158. The zero-order chi connectivity index (χ0) is 11.1. The summed E-state index contributed by atoms with van der Waals surface area (Å²) in [6.45, 7) is 1.14. The van der Waals surface area contributed by atoms with Gasteiger partial charge in [0.05, 0.1) is 25.0 Å². The van der Waals surface area contributed by atoms with E-state index in [1.165, 1.54) is 17.3 Å². The van der Waals surface area contributed by atoms with E-state index >= 15 is 0 Å². The normalized spacial score (nSPS) is 10.3. The van der Waals surface area contributed by atoms with Crippen LogP contribution in [0.2, 0.25) is 0 Å². The molecule has 0 aromatic carbocycles. The molecule has 2 N–H and O–H groups in total. The van der Waals surface area contributed by atoms with Crippen LogP contribution in [0.3, 0.4) is 0 Å². The largest absolute Gasteiger partial charge is 0.395 e. The summed E-state index contributed by atoms with van der Waals surface area (Å²) in [5.41, 5.74) is 0.486. The monoisotopic (exact) mass is 213 g/mol. The van der Waals surface area contributed by atoms with Gasteiger partial charge in [-0.2, -0.15) is 5.10 Å². The summed E-state index contributed by atoms with van der Waals surface area (Å²) >= 11 is 0. The number of carbonyl (C=O) groups is 1. The first-order valence-corrected chi connectivity index (χ1v) is 4.67. The number of amides is 1. The van der Waals surface area contributed by atoms with Crippen molar-refractivity contribution in [2.45, 2.75) is 0 Å². The van der Waals surface area contributed by atoms with Gasteiger partial charge in [0.15, 0.2) is 0 Å². The summed E-state index contributed by atoms with van der Waals surface area (Å²) < 4.78 is 4.89. The number of nitrogens with one attached hydrogen (secondary N) is 1. The molecular weight excluding hydrogens is 198 g/mol. The maximum atomic E-state index is 11.8. The van der Waals surface area contributed by atoms with E-state index in [4.69, 9.17) is 9.84 Å². The second-order valence-electron chi connectivity index (χ2n) is 3.00. The fourth-order valence-electron chi connectivity index (χ4n) is 1.19.